The fourth-order valence-electron chi connectivity index (χ4n) is 4.52. The van der Waals surface area contributed by atoms with Crippen LogP contribution in [-0.2, 0) is 17.8 Å². The Morgan fingerprint density at radius 1 is 1.12 bits per heavy atom. The van der Waals surface area contributed by atoms with Crippen LogP contribution in [0.15, 0.2) is 61.1 Å². The van der Waals surface area contributed by atoms with E-state index in [2.05, 4.69) is 15.9 Å². The van der Waals surface area contributed by atoms with E-state index in [1.54, 1.807) is 29.6 Å². The molecule has 1 aromatic heterocycles. The summed E-state index contributed by atoms with van der Waals surface area (Å²) in [6.07, 6.45) is 4.89. The van der Waals surface area contributed by atoms with Crippen LogP contribution >= 0.6 is 0 Å². The smallest absolute Gasteiger partial charge is 0.272 e. The molecule has 2 amide bonds. The normalized spacial score (nSPS) is 15.1. The van der Waals surface area contributed by atoms with Gasteiger partial charge in [-0.25, -0.2) is 9.83 Å². The molecule has 0 spiro atoms. The second kappa shape index (κ2) is 9.29. The lowest BCUT2D eigenvalue weighted by Crippen LogP contribution is -2.50. The van der Waals surface area contributed by atoms with Crippen molar-refractivity contribution in [3.05, 3.63) is 94.9 Å². The van der Waals surface area contributed by atoms with E-state index in [4.69, 9.17) is 12.3 Å². The molecule has 2 aromatic carbocycles. The molecule has 0 unspecified atom stereocenters. The quantitative estimate of drug-likeness (QED) is 0.591. The van der Waals surface area contributed by atoms with Crippen LogP contribution in [0, 0.1) is 18.9 Å². The monoisotopic (exact) mass is 441 g/mol. The van der Waals surface area contributed by atoms with E-state index in [0.717, 1.165) is 16.7 Å². The van der Waals surface area contributed by atoms with Crippen LogP contribution in [-0.4, -0.2) is 39.4 Å². The summed E-state index contributed by atoms with van der Waals surface area (Å²) in [7, 11) is 0. The summed E-state index contributed by atoms with van der Waals surface area (Å²) in [6, 6.07) is 15.4. The van der Waals surface area contributed by atoms with Crippen LogP contribution in [0.1, 0.15) is 40.0 Å². The van der Waals surface area contributed by atoms with E-state index in [1.807, 2.05) is 41.8 Å². The average molecular weight is 442 g/mol. The topological polar surface area (TPSA) is 85.6 Å². The summed E-state index contributed by atoms with van der Waals surface area (Å²) in [5.74, 6) is -0.400. The van der Waals surface area contributed by atoms with Gasteiger partial charge in [0.05, 0.1) is 24.5 Å². The highest BCUT2D eigenvalue weighted by molar-refractivity contribution is 5.93. The van der Waals surface area contributed by atoms with Crippen molar-refractivity contribution in [2.24, 2.45) is 11.1 Å². The number of imidazole rings is 1. The van der Waals surface area contributed by atoms with Gasteiger partial charge in [-0.1, -0.05) is 54.1 Å². The predicted octanol–water partition coefficient (Wildman–Crippen LogP) is 3.74. The van der Waals surface area contributed by atoms with Crippen LogP contribution in [0.2, 0.25) is 0 Å². The van der Waals surface area contributed by atoms with Gasteiger partial charge in [-0.05, 0) is 37.3 Å². The summed E-state index contributed by atoms with van der Waals surface area (Å²) in [6.45, 7) is 10.5. The Bertz CT molecular complexity index is 1200. The summed E-state index contributed by atoms with van der Waals surface area (Å²) in [5.41, 5.74) is 9.53. The summed E-state index contributed by atoms with van der Waals surface area (Å²) < 4.78 is 1.82. The van der Waals surface area contributed by atoms with Gasteiger partial charge in [-0.15, -0.1) is 0 Å². The third kappa shape index (κ3) is 4.80. The van der Waals surface area contributed by atoms with Crippen LogP contribution in [0.4, 0.5) is 5.69 Å². The highest BCUT2D eigenvalue weighted by atomic mass is 16.2. The molecular formula is C26H27N5O2. The lowest BCUT2D eigenvalue weighted by atomic mass is 9.73. The average Bonchev–Trinajstić information content (AvgIpc) is 3.27. The minimum Gasteiger partial charge on any atom is -0.369 e. The van der Waals surface area contributed by atoms with Gasteiger partial charge in [-0.2, -0.15) is 0 Å². The number of nitrogens with zero attached hydrogens (tertiary/aromatic N) is 4. The number of likely N-dealkylation sites (tertiary alicyclic amines) is 1. The minimum absolute atomic E-state index is 0.0982. The zero-order valence-electron chi connectivity index (χ0n) is 18.7. The van der Waals surface area contributed by atoms with E-state index < -0.39 is 5.41 Å². The first-order chi connectivity index (χ1) is 15.9. The maximum atomic E-state index is 13.3. The number of rotatable bonds is 6. The molecule has 0 aliphatic carbocycles. The number of carbonyl (C=O) groups excluding carboxylic acids is 2. The van der Waals surface area contributed by atoms with Crippen molar-refractivity contribution in [3.8, 4) is 0 Å². The molecule has 2 heterocycles. The zero-order valence-corrected chi connectivity index (χ0v) is 18.7. The first-order valence-corrected chi connectivity index (χ1v) is 11.0. The second-order valence-corrected chi connectivity index (χ2v) is 8.79. The first-order valence-electron chi connectivity index (χ1n) is 11.0. The Morgan fingerprint density at radius 2 is 1.85 bits per heavy atom. The largest absolute Gasteiger partial charge is 0.369 e. The lowest BCUT2D eigenvalue weighted by Gasteiger charge is -2.40. The van der Waals surface area contributed by atoms with Gasteiger partial charge in [-0.3, -0.25) is 9.59 Å². The molecule has 4 rings (SSSR count). The van der Waals surface area contributed by atoms with Crippen LogP contribution < -0.4 is 5.73 Å². The molecule has 0 atom stereocenters. The molecule has 1 fully saturated rings. The van der Waals surface area contributed by atoms with E-state index in [9.17, 15) is 9.59 Å². The van der Waals surface area contributed by atoms with E-state index in [1.165, 1.54) is 0 Å². The number of primary amides is 1. The van der Waals surface area contributed by atoms with Gasteiger partial charge in [0.15, 0.2) is 5.69 Å². The molecule has 33 heavy (non-hydrogen) atoms. The van der Waals surface area contributed by atoms with Crippen molar-refractivity contribution < 1.29 is 9.59 Å². The number of carbonyl (C=O) groups is 2. The van der Waals surface area contributed by atoms with E-state index in [0.29, 0.717) is 50.3 Å². The maximum Gasteiger partial charge on any atom is 0.272 e. The Balaban J connectivity index is 1.45. The van der Waals surface area contributed by atoms with Gasteiger partial charge >= 0.3 is 0 Å². The minimum atomic E-state index is -0.643. The van der Waals surface area contributed by atoms with Crippen LogP contribution in [0.5, 0.6) is 0 Å². The van der Waals surface area contributed by atoms with Gasteiger partial charge < -0.3 is 15.2 Å². The number of hydrogen-bond acceptors (Lipinski definition) is 3. The van der Waals surface area contributed by atoms with Crippen LogP contribution in [0.25, 0.3) is 4.85 Å². The fraction of sp³-hybridized carbons (Fsp3) is 0.308. The van der Waals surface area contributed by atoms with Crippen molar-refractivity contribution >= 4 is 17.5 Å². The molecule has 2 N–H and O–H groups in total. The van der Waals surface area contributed by atoms with E-state index >= 15 is 0 Å². The molecule has 0 bridgehead atoms. The van der Waals surface area contributed by atoms with Crippen molar-refractivity contribution in [3.63, 3.8) is 0 Å². The lowest BCUT2D eigenvalue weighted by molar-refractivity contribution is -0.130. The second-order valence-electron chi connectivity index (χ2n) is 8.79. The van der Waals surface area contributed by atoms with Crippen molar-refractivity contribution in [2.75, 3.05) is 13.1 Å². The van der Waals surface area contributed by atoms with Crippen LogP contribution in [0.3, 0.4) is 0 Å². The Labute approximate surface area is 193 Å². The molecule has 1 aliphatic heterocycles. The van der Waals surface area contributed by atoms with Crippen molar-refractivity contribution in [1.82, 2.24) is 14.5 Å². The molecule has 1 aliphatic rings. The fourth-order valence-corrected chi connectivity index (χ4v) is 4.52. The third-order valence-corrected chi connectivity index (χ3v) is 6.51. The third-order valence-electron chi connectivity index (χ3n) is 6.51. The molecule has 0 saturated carbocycles. The first kappa shape index (κ1) is 22.3. The molecule has 168 valence electrons. The number of piperidine rings is 1. The molecule has 1 saturated heterocycles. The number of aryl methyl sites for hydroxylation is 1. The van der Waals surface area contributed by atoms with Gasteiger partial charge in [0, 0.05) is 19.6 Å². The molecule has 3 aromatic rings. The summed E-state index contributed by atoms with van der Waals surface area (Å²) in [4.78, 5) is 35.1. The number of aromatic nitrogens is 2. The standard InChI is InChI=1S/C26H27N5O2/c1-19-4-3-5-21(14-19)15-26(25(27)33)10-12-30(13-11-26)24(32)23-16-29-18-31(23)17-20-6-8-22(28-2)9-7-20/h3-9,14,16,18H,10-13,15,17H2,1H3,(H2,27,33). The summed E-state index contributed by atoms with van der Waals surface area (Å²) in [5, 5.41) is 0. The molecular weight excluding hydrogens is 414 g/mol. The van der Waals surface area contributed by atoms with Gasteiger partial charge in [0.25, 0.3) is 5.91 Å². The summed E-state index contributed by atoms with van der Waals surface area (Å²) >= 11 is 0. The zero-order chi connectivity index (χ0) is 23.4. The number of benzene rings is 2. The Morgan fingerprint density at radius 3 is 2.48 bits per heavy atom. The van der Waals surface area contributed by atoms with Gasteiger partial charge in [0.1, 0.15) is 5.69 Å². The number of amides is 2. The molecule has 0 radical (unpaired) electrons. The Kier molecular flexibility index (Phi) is 6.27. The molecule has 7 heteroatoms. The highest BCUT2D eigenvalue weighted by Gasteiger charge is 2.41. The SMILES string of the molecule is [C-]#[N+]c1ccc(Cn2cncc2C(=O)N2CCC(Cc3cccc(C)c3)(C(N)=O)CC2)cc1. The number of nitrogens with two attached hydrogens (primary N) is 1. The van der Waals surface area contributed by atoms with Crippen molar-refractivity contribution in [1.29, 1.82) is 0 Å². The Hall–Kier alpha value is -3.92. The number of hydrogen-bond donors (Lipinski definition) is 1. The molecule has 7 nitrogen and oxygen atoms in total. The maximum absolute atomic E-state index is 13.3. The van der Waals surface area contributed by atoms with Gasteiger partial charge in [0.2, 0.25) is 5.91 Å². The van der Waals surface area contributed by atoms with E-state index in [-0.39, 0.29) is 11.8 Å². The predicted molar refractivity (Wildman–Crippen MR) is 126 cm³/mol. The highest BCUT2D eigenvalue weighted by Crippen LogP contribution is 2.35. The van der Waals surface area contributed by atoms with Crippen molar-refractivity contribution in [2.45, 2.75) is 32.7 Å².